The lowest BCUT2D eigenvalue weighted by molar-refractivity contribution is -0.144. The lowest BCUT2D eigenvalue weighted by Gasteiger charge is -2.19. The maximum absolute atomic E-state index is 11.4. The second-order valence-electron chi connectivity index (χ2n) is 3.75. The van der Waals surface area contributed by atoms with Crippen molar-refractivity contribution in [1.82, 2.24) is 9.88 Å². The van der Waals surface area contributed by atoms with Gasteiger partial charge in [0.25, 0.3) is 0 Å². The van der Waals surface area contributed by atoms with E-state index < -0.39 is 0 Å². The first-order chi connectivity index (χ1) is 8.65. The van der Waals surface area contributed by atoms with Gasteiger partial charge in [0.05, 0.1) is 13.2 Å². The third-order valence-electron chi connectivity index (χ3n) is 2.24. The van der Waals surface area contributed by atoms with Gasteiger partial charge >= 0.3 is 5.97 Å². The molecule has 1 rings (SSSR count). The van der Waals surface area contributed by atoms with E-state index in [1.54, 1.807) is 25.3 Å². The van der Waals surface area contributed by atoms with Crippen LogP contribution in [0.5, 0.6) is 0 Å². The average Bonchev–Trinajstić information content (AvgIpc) is 2.29. The maximum Gasteiger partial charge on any atom is 0.320 e. The van der Waals surface area contributed by atoms with Crippen LogP contribution in [0.15, 0.2) is 31.0 Å². The Morgan fingerprint density at radius 2 is 2.44 bits per heavy atom. The van der Waals surface area contributed by atoms with Gasteiger partial charge in [-0.05, 0) is 24.6 Å². The molecule has 0 saturated carbocycles. The molecule has 4 nitrogen and oxygen atoms in total. The summed E-state index contributed by atoms with van der Waals surface area (Å²) in [5.74, 6) is -0.237. The van der Waals surface area contributed by atoms with E-state index in [0.717, 1.165) is 5.56 Å². The van der Waals surface area contributed by atoms with E-state index in [9.17, 15) is 4.79 Å². The highest BCUT2D eigenvalue weighted by Gasteiger charge is 2.11. The van der Waals surface area contributed by atoms with Gasteiger partial charge in [-0.25, -0.2) is 4.98 Å². The van der Waals surface area contributed by atoms with Crippen molar-refractivity contribution in [3.05, 3.63) is 41.7 Å². The first-order valence-electron chi connectivity index (χ1n) is 5.75. The van der Waals surface area contributed by atoms with Gasteiger partial charge in [0.2, 0.25) is 0 Å². The Labute approximate surface area is 112 Å². The van der Waals surface area contributed by atoms with Crippen LogP contribution in [-0.2, 0) is 16.1 Å². The summed E-state index contributed by atoms with van der Waals surface area (Å²) in [5, 5.41) is 0.446. The molecule has 0 amide bonds. The predicted molar refractivity (Wildman–Crippen MR) is 71.4 cm³/mol. The number of pyridine rings is 1. The molecular weight excluding hydrogens is 252 g/mol. The molecule has 0 bridgehead atoms. The molecule has 5 heteroatoms. The first kappa shape index (κ1) is 14.7. The Bertz CT molecular complexity index is 410. The lowest BCUT2D eigenvalue weighted by Crippen LogP contribution is -2.30. The third kappa shape index (κ3) is 5.29. The number of carbonyl (C=O) groups excluding carboxylic acids is 1. The molecule has 0 radical (unpaired) electrons. The van der Waals surface area contributed by atoms with Gasteiger partial charge < -0.3 is 4.74 Å². The highest BCUT2D eigenvalue weighted by molar-refractivity contribution is 6.29. The van der Waals surface area contributed by atoms with E-state index in [2.05, 4.69) is 11.6 Å². The normalized spacial score (nSPS) is 10.4. The van der Waals surface area contributed by atoms with E-state index in [0.29, 0.717) is 24.8 Å². The third-order valence-corrected chi connectivity index (χ3v) is 2.45. The van der Waals surface area contributed by atoms with Crippen LogP contribution in [0.1, 0.15) is 12.5 Å². The minimum absolute atomic E-state index is 0.236. The van der Waals surface area contributed by atoms with Crippen molar-refractivity contribution in [2.24, 2.45) is 0 Å². The molecule has 0 aliphatic heterocycles. The molecule has 98 valence electrons. The second-order valence-corrected chi connectivity index (χ2v) is 4.14. The molecule has 0 unspecified atom stereocenters. The first-order valence-corrected chi connectivity index (χ1v) is 6.12. The molecule has 0 spiro atoms. The van der Waals surface area contributed by atoms with Gasteiger partial charge in [0, 0.05) is 19.3 Å². The quantitative estimate of drug-likeness (QED) is 0.432. The molecule has 0 atom stereocenters. The maximum atomic E-state index is 11.4. The monoisotopic (exact) mass is 268 g/mol. The molecule has 0 aliphatic rings. The molecule has 18 heavy (non-hydrogen) atoms. The molecular formula is C13H17ClN2O2. The molecule has 0 N–H and O–H groups in total. The number of ether oxygens (including phenoxy) is 1. The molecule has 0 fully saturated rings. The minimum atomic E-state index is -0.237. The number of aromatic nitrogens is 1. The van der Waals surface area contributed by atoms with Crippen molar-refractivity contribution >= 4 is 17.6 Å². The second kappa shape index (κ2) is 7.84. The van der Waals surface area contributed by atoms with Crippen LogP contribution in [0.3, 0.4) is 0 Å². The number of halogens is 1. The standard InChI is InChI=1S/C13H17ClN2O2/c1-3-7-16(10-13(17)18-4-2)9-11-5-6-15-12(14)8-11/h3,5-6,8H,1,4,7,9-10H2,2H3. The van der Waals surface area contributed by atoms with Crippen LogP contribution in [0.2, 0.25) is 5.15 Å². The number of esters is 1. The summed E-state index contributed by atoms with van der Waals surface area (Å²) in [5.41, 5.74) is 1.00. The number of carbonyl (C=O) groups is 1. The SMILES string of the molecule is C=CCN(CC(=O)OCC)Cc1ccnc(Cl)c1. The van der Waals surface area contributed by atoms with Gasteiger partial charge in [-0.15, -0.1) is 6.58 Å². The number of hydrogen-bond acceptors (Lipinski definition) is 4. The molecule has 0 saturated heterocycles. The van der Waals surface area contributed by atoms with Crippen molar-refractivity contribution in [2.45, 2.75) is 13.5 Å². The Morgan fingerprint density at radius 1 is 1.67 bits per heavy atom. The van der Waals surface area contributed by atoms with Gasteiger partial charge in [-0.3, -0.25) is 9.69 Å². The molecule has 1 heterocycles. The highest BCUT2D eigenvalue weighted by Crippen LogP contribution is 2.09. The van der Waals surface area contributed by atoms with E-state index in [-0.39, 0.29) is 12.5 Å². The van der Waals surface area contributed by atoms with Gasteiger partial charge in [0.1, 0.15) is 5.15 Å². The zero-order valence-electron chi connectivity index (χ0n) is 10.4. The zero-order chi connectivity index (χ0) is 13.4. The van der Waals surface area contributed by atoms with Crippen LogP contribution < -0.4 is 0 Å². The van der Waals surface area contributed by atoms with E-state index in [4.69, 9.17) is 16.3 Å². The molecule has 1 aromatic heterocycles. The fourth-order valence-corrected chi connectivity index (χ4v) is 1.75. The number of hydrogen-bond donors (Lipinski definition) is 0. The Morgan fingerprint density at radius 3 is 3.06 bits per heavy atom. The highest BCUT2D eigenvalue weighted by atomic mass is 35.5. The van der Waals surface area contributed by atoms with Crippen molar-refractivity contribution in [2.75, 3.05) is 19.7 Å². The van der Waals surface area contributed by atoms with E-state index >= 15 is 0 Å². The Balaban J connectivity index is 2.62. The predicted octanol–water partition coefficient (Wildman–Crippen LogP) is 2.29. The number of rotatable bonds is 7. The van der Waals surface area contributed by atoms with Crippen molar-refractivity contribution in [3.8, 4) is 0 Å². The van der Waals surface area contributed by atoms with Crippen molar-refractivity contribution in [1.29, 1.82) is 0 Å². The summed E-state index contributed by atoms with van der Waals surface area (Å²) in [6.07, 6.45) is 3.40. The van der Waals surface area contributed by atoms with Gasteiger partial charge in [-0.1, -0.05) is 17.7 Å². The van der Waals surface area contributed by atoms with Crippen LogP contribution in [0.25, 0.3) is 0 Å². The van der Waals surface area contributed by atoms with Crippen molar-refractivity contribution < 1.29 is 9.53 Å². The van der Waals surface area contributed by atoms with Gasteiger partial charge in [-0.2, -0.15) is 0 Å². The van der Waals surface area contributed by atoms with Crippen LogP contribution in [0, 0.1) is 0 Å². The summed E-state index contributed by atoms with van der Waals surface area (Å²) >= 11 is 5.82. The average molecular weight is 269 g/mol. The van der Waals surface area contributed by atoms with E-state index in [1.165, 1.54) is 0 Å². The fourth-order valence-electron chi connectivity index (χ4n) is 1.56. The molecule has 0 aliphatic carbocycles. The topological polar surface area (TPSA) is 42.4 Å². The summed E-state index contributed by atoms with van der Waals surface area (Å²) in [4.78, 5) is 17.3. The number of nitrogens with zero attached hydrogens (tertiary/aromatic N) is 2. The largest absolute Gasteiger partial charge is 0.465 e. The molecule has 0 aromatic carbocycles. The fraction of sp³-hybridized carbons (Fsp3) is 0.385. The van der Waals surface area contributed by atoms with Crippen LogP contribution in [0.4, 0.5) is 0 Å². The summed E-state index contributed by atoms with van der Waals surface area (Å²) in [6.45, 7) is 7.31. The van der Waals surface area contributed by atoms with Crippen molar-refractivity contribution in [3.63, 3.8) is 0 Å². The summed E-state index contributed by atoms with van der Waals surface area (Å²) in [6, 6.07) is 3.65. The lowest BCUT2D eigenvalue weighted by atomic mass is 10.2. The molecule has 1 aromatic rings. The van der Waals surface area contributed by atoms with Crippen LogP contribution >= 0.6 is 11.6 Å². The minimum Gasteiger partial charge on any atom is -0.465 e. The smallest absolute Gasteiger partial charge is 0.320 e. The summed E-state index contributed by atoms with van der Waals surface area (Å²) < 4.78 is 4.93. The Hall–Kier alpha value is -1.39. The zero-order valence-corrected chi connectivity index (χ0v) is 11.2. The van der Waals surface area contributed by atoms with Crippen LogP contribution in [-0.4, -0.2) is 35.5 Å². The Kier molecular flexibility index (Phi) is 6.39. The summed E-state index contributed by atoms with van der Waals surface area (Å²) in [7, 11) is 0. The van der Waals surface area contributed by atoms with Gasteiger partial charge in [0.15, 0.2) is 0 Å². The van der Waals surface area contributed by atoms with E-state index in [1.807, 2.05) is 11.0 Å².